The molecule has 1 aliphatic rings. The fourth-order valence-electron chi connectivity index (χ4n) is 6.54. The molecule has 1 fully saturated rings. The first-order valence-electron chi connectivity index (χ1n) is 23.2. The molecular formula is C46H84O14S2. The molecular weight excluding hydrogens is 841 g/mol. The normalized spacial score (nSPS) is 15.0. The van der Waals surface area contributed by atoms with Gasteiger partial charge in [0.05, 0.1) is 105 Å². The fourth-order valence-corrected chi connectivity index (χ4v) is 9.88. The van der Waals surface area contributed by atoms with E-state index in [4.69, 9.17) is 47.4 Å². The van der Waals surface area contributed by atoms with Crippen LogP contribution in [0.15, 0.2) is 0 Å². The summed E-state index contributed by atoms with van der Waals surface area (Å²) in [4.78, 5) is 48.0. The van der Waals surface area contributed by atoms with E-state index < -0.39 is 17.9 Å². The number of esters is 4. The first-order valence-corrected chi connectivity index (χ1v) is 25.7. The number of methoxy groups -OCH3 is 1. The Morgan fingerprint density at radius 1 is 0.419 bits per heavy atom. The predicted octanol–water partition coefficient (Wildman–Crippen LogP) is 8.30. The van der Waals surface area contributed by atoms with E-state index in [0.29, 0.717) is 72.0 Å². The number of hydrogen-bond acceptors (Lipinski definition) is 16. The van der Waals surface area contributed by atoms with Gasteiger partial charge < -0.3 is 47.4 Å². The van der Waals surface area contributed by atoms with Gasteiger partial charge in [0.15, 0.2) is 0 Å². The SMILES string of the molecule is COCC1(COC(=O)CCC(=O)OCCOCCOCCOCCOCCOCCOC(=O)CCC(=O)OCCC(C)CCCC(C)CCCC(C)CCCC(C)C)CSSC1. The first kappa shape index (κ1) is 58.4. The number of hydrogen-bond donors (Lipinski definition) is 0. The number of carbonyl (C=O) groups excluding carboxylic acids is 4. The maximum Gasteiger partial charge on any atom is 0.306 e. The minimum atomic E-state index is -0.473. The van der Waals surface area contributed by atoms with Gasteiger partial charge in [-0.25, -0.2) is 0 Å². The number of rotatable bonds is 43. The summed E-state index contributed by atoms with van der Waals surface area (Å²) >= 11 is 0. The lowest BCUT2D eigenvalue weighted by atomic mass is 9.91. The second-order valence-electron chi connectivity index (χ2n) is 17.1. The molecule has 0 aromatic heterocycles. The molecule has 0 bridgehead atoms. The van der Waals surface area contributed by atoms with Crippen LogP contribution in [0.2, 0.25) is 0 Å². The van der Waals surface area contributed by atoms with Gasteiger partial charge in [0.1, 0.15) is 19.8 Å². The second-order valence-corrected chi connectivity index (χ2v) is 19.6. The zero-order valence-corrected chi connectivity index (χ0v) is 40.9. The Morgan fingerprint density at radius 2 is 0.742 bits per heavy atom. The Balaban J connectivity index is 1.82. The largest absolute Gasteiger partial charge is 0.466 e. The minimum Gasteiger partial charge on any atom is -0.466 e. The lowest BCUT2D eigenvalue weighted by Crippen LogP contribution is -2.35. The average Bonchev–Trinajstić information content (AvgIpc) is 3.70. The van der Waals surface area contributed by atoms with E-state index in [0.717, 1.165) is 42.1 Å². The van der Waals surface area contributed by atoms with Crippen molar-refractivity contribution >= 4 is 45.5 Å². The van der Waals surface area contributed by atoms with Gasteiger partial charge in [0.25, 0.3) is 0 Å². The highest BCUT2D eigenvalue weighted by Gasteiger charge is 2.37. The van der Waals surface area contributed by atoms with Crippen LogP contribution in [0, 0.1) is 29.1 Å². The van der Waals surface area contributed by atoms with Crippen molar-refractivity contribution < 1.29 is 66.5 Å². The molecule has 1 heterocycles. The molecule has 0 aromatic rings. The minimum absolute atomic E-state index is 0.0110. The first-order chi connectivity index (χ1) is 29.9. The standard InChI is InChI=1S/C46H84O14S2/c1-38(2)10-7-11-39(3)12-8-13-40(4)14-9-15-41(5)20-21-57-42(47)16-17-43(48)58-32-30-55-28-26-53-24-22-52-23-25-54-27-29-56-31-33-59-44(49)18-19-45(50)60-35-46(34-51-6)36-61-62-37-46/h38-41H,7-37H2,1-6H3. The third-order valence-electron chi connectivity index (χ3n) is 10.5. The highest BCUT2D eigenvalue weighted by Crippen LogP contribution is 2.43. The summed E-state index contributed by atoms with van der Waals surface area (Å²) in [5, 5.41) is 0. The summed E-state index contributed by atoms with van der Waals surface area (Å²) in [5.41, 5.74) is -0.170. The molecule has 1 rings (SSSR count). The van der Waals surface area contributed by atoms with Crippen LogP contribution in [-0.2, 0) is 66.5 Å². The van der Waals surface area contributed by atoms with Crippen molar-refractivity contribution in [2.45, 2.75) is 125 Å². The summed E-state index contributed by atoms with van der Waals surface area (Å²) < 4.78 is 53.5. The summed E-state index contributed by atoms with van der Waals surface area (Å²) in [7, 11) is 5.13. The Hall–Kier alpha value is -1.66. The van der Waals surface area contributed by atoms with Crippen molar-refractivity contribution in [2.75, 3.05) is 118 Å². The zero-order chi connectivity index (χ0) is 45.5. The molecule has 14 nitrogen and oxygen atoms in total. The Morgan fingerprint density at radius 3 is 1.11 bits per heavy atom. The molecule has 16 heteroatoms. The molecule has 0 aromatic carbocycles. The van der Waals surface area contributed by atoms with Crippen LogP contribution >= 0.6 is 21.6 Å². The van der Waals surface area contributed by atoms with Gasteiger partial charge in [0.2, 0.25) is 0 Å². The van der Waals surface area contributed by atoms with E-state index in [1.165, 1.54) is 51.4 Å². The molecule has 0 saturated carbocycles. The van der Waals surface area contributed by atoms with Gasteiger partial charge in [-0.2, -0.15) is 0 Å². The molecule has 0 radical (unpaired) electrons. The topological polar surface area (TPSA) is 161 Å². The molecule has 364 valence electrons. The highest BCUT2D eigenvalue weighted by molar-refractivity contribution is 8.77. The van der Waals surface area contributed by atoms with E-state index >= 15 is 0 Å². The smallest absolute Gasteiger partial charge is 0.306 e. The third kappa shape index (κ3) is 35.7. The summed E-state index contributed by atoms with van der Waals surface area (Å²) in [6.07, 6.45) is 12.4. The van der Waals surface area contributed by atoms with E-state index in [9.17, 15) is 19.2 Å². The fraction of sp³-hybridized carbons (Fsp3) is 0.913. The number of ether oxygens (including phenoxy) is 10. The molecule has 1 aliphatic heterocycles. The van der Waals surface area contributed by atoms with Gasteiger partial charge in [0, 0.05) is 24.0 Å². The van der Waals surface area contributed by atoms with Gasteiger partial charge in [-0.1, -0.05) is 114 Å². The lowest BCUT2D eigenvalue weighted by Gasteiger charge is -2.25. The van der Waals surface area contributed by atoms with Crippen LogP contribution < -0.4 is 0 Å². The number of carbonyl (C=O) groups is 4. The van der Waals surface area contributed by atoms with Crippen molar-refractivity contribution in [1.29, 1.82) is 0 Å². The third-order valence-corrected chi connectivity index (χ3v) is 13.3. The van der Waals surface area contributed by atoms with Gasteiger partial charge in [-0.15, -0.1) is 0 Å². The Kier molecular flexibility index (Phi) is 37.4. The zero-order valence-electron chi connectivity index (χ0n) is 39.3. The summed E-state index contributed by atoms with van der Waals surface area (Å²) in [6, 6.07) is 0. The average molecular weight is 925 g/mol. The van der Waals surface area contributed by atoms with Crippen LogP contribution in [0.4, 0.5) is 0 Å². The van der Waals surface area contributed by atoms with Crippen molar-refractivity contribution in [3.8, 4) is 0 Å². The highest BCUT2D eigenvalue weighted by atomic mass is 33.1. The van der Waals surface area contributed by atoms with E-state index in [-0.39, 0.29) is 70.1 Å². The second kappa shape index (κ2) is 39.7. The van der Waals surface area contributed by atoms with Crippen LogP contribution in [0.3, 0.4) is 0 Å². The van der Waals surface area contributed by atoms with Crippen molar-refractivity contribution in [3.63, 3.8) is 0 Å². The van der Waals surface area contributed by atoms with Crippen LogP contribution in [-0.4, -0.2) is 142 Å². The molecule has 0 amide bonds. The van der Waals surface area contributed by atoms with Crippen molar-refractivity contribution in [2.24, 2.45) is 29.1 Å². The van der Waals surface area contributed by atoms with Crippen molar-refractivity contribution in [3.05, 3.63) is 0 Å². The molecule has 0 spiro atoms. The molecule has 0 N–H and O–H groups in total. The monoisotopic (exact) mass is 925 g/mol. The van der Waals surface area contributed by atoms with Gasteiger partial charge in [-0.05, 0) is 30.1 Å². The molecule has 3 unspecified atom stereocenters. The van der Waals surface area contributed by atoms with Crippen LogP contribution in [0.1, 0.15) is 125 Å². The summed E-state index contributed by atoms with van der Waals surface area (Å²) in [5.74, 6) is 2.93. The molecule has 62 heavy (non-hydrogen) atoms. The predicted molar refractivity (Wildman–Crippen MR) is 244 cm³/mol. The Bertz CT molecular complexity index is 1120. The molecule has 3 atom stereocenters. The van der Waals surface area contributed by atoms with E-state index in [1.807, 2.05) is 0 Å². The van der Waals surface area contributed by atoms with Crippen molar-refractivity contribution in [1.82, 2.24) is 0 Å². The van der Waals surface area contributed by atoms with E-state index in [2.05, 4.69) is 34.6 Å². The Labute approximate surface area is 382 Å². The van der Waals surface area contributed by atoms with Gasteiger partial charge in [-0.3, -0.25) is 19.2 Å². The lowest BCUT2D eigenvalue weighted by molar-refractivity contribution is -0.153. The van der Waals surface area contributed by atoms with Crippen LogP contribution in [0.25, 0.3) is 0 Å². The van der Waals surface area contributed by atoms with Crippen LogP contribution in [0.5, 0.6) is 0 Å². The maximum atomic E-state index is 12.1. The maximum absolute atomic E-state index is 12.1. The van der Waals surface area contributed by atoms with Gasteiger partial charge >= 0.3 is 23.9 Å². The quantitative estimate of drug-likeness (QED) is 0.0248. The molecule has 0 aliphatic carbocycles. The summed E-state index contributed by atoms with van der Waals surface area (Å²) in [6.45, 7) is 16.6. The molecule has 1 saturated heterocycles. The van der Waals surface area contributed by atoms with E-state index in [1.54, 1.807) is 28.7 Å².